The molecule has 2 aromatic heterocycles. The number of hydrogen-bond donors (Lipinski definition) is 0. The summed E-state index contributed by atoms with van der Waals surface area (Å²) in [7, 11) is 0. The van der Waals surface area contributed by atoms with Crippen LogP contribution in [0.25, 0.3) is 56.1 Å². The number of fused-ring (bicyclic) bond motifs is 5. The first-order valence-corrected chi connectivity index (χ1v) is 15.9. The molecule has 0 atom stereocenters. The van der Waals surface area contributed by atoms with E-state index in [0.29, 0.717) is 17.5 Å². The van der Waals surface area contributed by atoms with Crippen LogP contribution in [0, 0.1) is 0 Å². The van der Waals surface area contributed by atoms with Gasteiger partial charge in [0.1, 0.15) is 11.2 Å². The lowest BCUT2D eigenvalue weighted by atomic mass is 9.73. The maximum atomic E-state index is 6.47. The smallest absolute Gasteiger partial charge is 0.164 e. The first kappa shape index (κ1) is 27.3. The van der Waals surface area contributed by atoms with Crippen molar-refractivity contribution in [3.63, 3.8) is 0 Å². The minimum atomic E-state index is -0.109. The molecule has 1 aliphatic rings. The van der Waals surface area contributed by atoms with Gasteiger partial charge in [-0.1, -0.05) is 117 Å². The molecule has 0 N–H and O–H groups in total. The fourth-order valence-electron chi connectivity index (χ4n) is 6.93. The fraction of sp³-hybridized carbons (Fsp3) is 0.0714. The molecule has 1 aliphatic heterocycles. The van der Waals surface area contributed by atoms with E-state index in [0.717, 1.165) is 44.3 Å². The lowest BCUT2D eigenvalue weighted by Crippen LogP contribution is -2.30. The second-order valence-electron chi connectivity index (χ2n) is 12.5. The van der Waals surface area contributed by atoms with Crippen LogP contribution in [0.1, 0.15) is 25.0 Å². The van der Waals surface area contributed by atoms with Crippen molar-refractivity contribution in [2.75, 3.05) is 4.90 Å². The number of nitrogens with zero attached hydrogens (tertiary/aromatic N) is 4. The van der Waals surface area contributed by atoms with Crippen LogP contribution in [0.15, 0.2) is 150 Å². The summed E-state index contributed by atoms with van der Waals surface area (Å²) in [6, 6.07) is 50.2. The number of furan rings is 1. The van der Waals surface area contributed by atoms with Gasteiger partial charge in [0.2, 0.25) is 0 Å². The number of para-hydroxylation sites is 2. The largest absolute Gasteiger partial charge is 0.456 e. The van der Waals surface area contributed by atoms with Crippen LogP contribution in [-0.2, 0) is 5.41 Å². The van der Waals surface area contributed by atoms with Crippen LogP contribution in [0.2, 0.25) is 0 Å². The summed E-state index contributed by atoms with van der Waals surface area (Å²) >= 11 is 0. The van der Waals surface area contributed by atoms with Crippen molar-refractivity contribution in [3.05, 3.63) is 157 Å². The fourth-order valence-corrected chi connectivity index (χ4v) is 6.93. The van der Waals surface area contributed by atoms with Crippen molar-refractivity contribution in [2.45, 2.75) is 19.3 Å². The van der Waals surface area contributed by atoms with Crippen molar-refractivity contribution >= 4 is 39.0 Å². The Hall–Kier alpha value is -6.07. The summed E-state index contributed by atoms with van der Waals surface area (Å²) in [5.41, 5.74) is 10.4. The van der Waals surface area contributed by atoms with Crippen LogP contribution in [0.3, 0.4) is 0 Å². The molecule has 0 aliphatic carbocycles. The zero-order valence-corrected chi connectivity index (χ0v) is 26.1. The Balaban J connectivity index is 1.18. The van der Waals surface area contributed by atoms with Crippen molar-refractivity contribution in [1.82, 2.24) is 15.0 Å². The zero-order chi connectivity index (χ0) is 31.5. The van der Waals surface area contributed by atoms with E-state index in [1.165, 1.54) is 22.5 Å². The first-order valence-electron chi connectivity index (χ1n) is 15.9. The van der Waals surface area contributed by atoms with E-state index in [2.05, 4.69) is 97.6 Å². The first-order chi connectivity index (χ1) is 23.0. The highest BCUT2D eigenvalue weighted by molar-refractivity contribution is 6.07. The molecular weight excluding hydrogens is 576 g/mol. The summed E-state index contributed by atoms with van der Waals surface area (Å²) in [6.45, 7) is 4.62. The third kappa shape index (κ3) is 4.43. The number of anilines is 3. The van der Waals surface area contributed by atoms with Gasteiger partial charge in [0.05, 0.1) is 11.4 Å². The average Bonchev–Trinajstić information content (AvgIpc) is 3.50. The molecule has 6 aromatic carbocycles. The lowest BCUT2D eigenvalue weighted by Gasteiger charge is -2.42. The second-order valence-corrected chi connectivity index (χ2v) is 12.5. The highest BCUT2D eigenvalue weighted by atomic mass is 16.3. The number of benzene rings is 6. The summed E-state index contributed by atoms with van der Waals surface area (Å²) in [6.07, 6.45) is 0. The molecule has 0 amide bonds. The Morgan fingerprint density at radius 1 is 0.468 bits per heavy atom. The molecule has 5 heteroatoms. The second kappa shape index (κ2) is 10.5. The monoisotopic (exact) mass is 606 g/mol. The SMILES string of the molecule is CC1(C)c2ccccc2N(c2ccc3oc4cc(-c5nc(-c6ccccc6)nc(-c6ccccc6)n5)ccc4c3c2)c2ccccc21. The van der Waals surface area contributed by atoms with Gasteiger partial charge in [0.15, 0.2) is 17.5 Å². The van der Waals surface area contributed by atoms with E-state index in [9.17, 15) is 0 Å². The molecule has 5 nitrogen and oxygen atoms in total. The Morgan fingerprint density at radius 2 is 1.00 bits per heavy atom. The van der Waals surface area contributed by atoms with Crippen LogP contribution in [-0.4, -0.2) is 15.0 Å². The Labute approximate surface area is 272 Å². The minimum Gasteiger partial charge on any atom is -0.456 e. The topological polar surface area (TPSA) is 55.1 Å². The molecule has 0 unspecified atom stereocenters. The molecule has 0 fully saturated rings. The Morgan fingerprint density at radius 3 is 1.60 bits per heavy atom. The van der Waals surface area contributed by atoms with Crippen LogP contribution >= 0.6 is 0 Å². The van der Waals surface area contributed by atoms with Crippen LogP contribution in [0.4, 0.5) is 17.1 Å². The third-order valence-corrected chi connectivity index (χ3v) is 9.31. The normalized spacial score (nSPS) is 13.4. The van der Waals surface area contributed by atoms with Gasteiger partial charge >= 0.3 is 0 Å². The predicted octanol–water partition coefficient (Wildman–Crippen LogP) is 10.9. The average molecular weight is 607 g/mol. The minimum absolute atomic E-state index is 0.109. The zero-order valence-electron chi connectivity index (χ0n) is 26.1. The molecule has 47 heavy (non-hydrogen) atoms. The summed E-state index contributed by atoms with van der Waals surface area (Å²) < 4.78 is 6.47. The molecule has 0 spiro atoms. The summed E-state index contributed by atoms with van der Waals surface area (Å²) in [5, 5.41) is 2.11. The van der Waals surface area contributed by atoms with Crippen molar-refractivity contribution in [2.24, 2.45) is 0 Å². The van der Waals surface area contributed by atoms with E-state index >= 15 is 0 Å². The Bertz CT molecular complexity index is 2340. The van der Waals surface area contributed by atoms with Crippen molar-refractivity contribution in [3.8, 4) is 34.2 Å². The van der Waals surface area contributed by atoms with E-state index in [4.69, 9.17) is 19.4 Å². The predicted molar refractivity (Wildman–Crippen MR) is 190 cm³/mol. The standard InChI is InChI=1S/C42H30N4O/c1-42(2)33-17-9-11-19-35(33)46(36-20-12-10-18-34(36)42)30-22-24-37-32(26-30)31-23-21-29(25-38(31)47-37)41-44-39(27-13-5-3-6-14-27)43-40(45-41)28-15-7-4-8-16-28/h3-26H,1-2H3. The van der Waals surface area contributed by atoms with Gasteiger partial charge in [-0.2, -0.15) is 0 Å². The molecule has 224 valence electrons. The number of aromatic nitrogens is 3. The molecular formula is C42H30N4O. The van der Waals surface area contributed by atoms with Gasteiger partial charge in [-0.25, -0.2) is 15.0 Å². The van der Waals surface area contributed by atoms with E-state index in [1.807, 2.05) is 66.7 Å². The molecule has 9 rings (SSSR count). The summed E-state index contributed by atoms with van der Waals surface area (Å²) in [4.78, 5) is 17.1. The van der Waals surface area contributed by atoms with Gasteiger partial charge in [-0.05, 0) is 53.6 Å². The Kier molecular flexibility index (Phi) is 6.09. The van der Waals surface area contributed by atoms with Crippen LogP contribution in [0.5, 0.6) is 0 Å². The molecule has 0 saturated heterocycles. The molecule has 3 heterocycles. The lowest BCUT2D eigenvalue weighted by molar-refractivity contribution is 0.632. The van der Waals surface area contributed by atoms with E-state index in [1.54, 1.807) is 0 Å². The van der Waals surface area contributed by atoms with Crippen molar-refractivity contribution in [1.29, 1.82) is 0 Å². The molecule has 0 saturated carbocycles. The van der Waals surface area contributed by atoms with Gasteiger partial charge in [-0.3, -0.25) is 0 Å². The maximum Gasteiger partial charge on any atom is 0.164 e. The van der Waals surface area contributed by atoms with Gasteiger partial charge in [0, 0.05) is 38.6 Å². The maximum absolute atomic E-state index is 6.47. The molecule has 8 aromatic rings. The number of rotatable bonds is 4. The van der Waals surface area contributed by atoms with Crippen LogP contribution < -0.4 is 4.90 Å². The van der Waals surface area contributed by atoms with E-state index < -0.39 is 0 Å². The van der Waals surface area contributed by atoms with E-state index in [-0.39, 0.29) is 5.41 Å². The third-order valence-electron chi connectivity index (χ3n) is 9.31. The van der Waals surface area contributed by atoms with Crippen molar-refractivity contribution < 1.29 is 4.42 Å². The molecule has 0 bridgehead atoms. The van der Waals surface area contributed by atoms with Gasteiger partial charge < -0.3 is 9.32 Å². The summed E-state index contributed by atoms with van der Waals surface area (Å²) in [5.74, 6) is 1.87. The highest BCUT2D eigenvalue weighted by Gasteiger charge is 2.36. The number of hydrogen-bond acceptors (Lipinski definition) is 5. The van der Waals surface area contributed by atoms with Gasteiger partial charge in [-0.15, -0.1) is 0 Å². The van der Waals surface area contributed by atoms with Gasteiger partial charge in [0.25, 0.3) is 0 Å². The quantitative estimate of drug-likeness (QED) is 0.199. The highest BCUT2D eigenvalue weighted by Crippen LogP contribution is 2.52. The molecule has 0 radical (unpaired) electrons.